The summed E-state index contributed by atoms with van der Waals surface area (Å²) in [5.74, 6) is -0.524. The van der Waals surface area contributed by atoms with Crippen molar-refractivity contribution in [2.75, 3.05) is 39.6 Å². The lowest BCUT2D eigenvalue weighted by Gasteiger charge is -2.21. The van der Waals surface area contributed by atoms with Gasteiger partial charge in [0.15, 0.2) is 12.2 Å². The number of rotatable bonds is 88. The van der Waals surface area contributed by atoms with Gasteiger partial charge in [-0.15, -0.1) is 0 Å². The van der Waals surface area contributed by atoms with Gasteiger partial charge >= 0.3 is 39.5 Å². The van der Waals surface area contributed by atoms with Gasteiger partial charge < -0.3 is 33.8 Å². The summed E-state index contributed by atoms with van der Waals surface area (Å²) in [6.45, 7) is 9.70. The van der Waals surface area contributed by atoms with Crippen molar-refractivity contribution in [3.05, 3.63) is 0 Å². The molecule has 0 fully saturated rings. The molecule has 17 nitrogen and oxygen atoms in total. The van der Waals surface area contributed by atoms with Gasteiger partial charge in [0.2, 0.25) is 0 Å². The van der Waals surface area contributed by atoms with E-state index in [0.29, 0.717) is 25.7 Å². The predicted octanol–water partition coefficient (Wildman–Crippen LogP) is 27.4. The van der Waals surface area contributed by atoms with Gasteiger partial charge in [-0.05, 0) is 37.5 Å². The molecule has 19 heteroatoms. The van der Waals surface area contributed by atoms with E-state index >= 15 is 0 Å². The molecule has 0 aliphatic carbocycles. The third-order valence-electron chi connectivity index (χ3n) is 21.7. The molecule has 0 bridgehead atoms. The SMILES string of the molecule is CCCCCCCCCCCCCCCCCCCCCCC(=O)OC[C@H](COP(=O)(O)OC[C@@H](O)COP(=O)(O)OC[C@@H](COC(=O)CCCCCCCCC(C)CC)OC(=O)CCCCCCCCCCCCCCCCC(C)CC)OC(=O)CCCCCCCCCCCCCCCCCCCCCC. The Balaban J connectivity index is 5.23. The summed E-state index contributed by atoms with van der Waals surface area (Å²) in [7, 11) is -9.93. The Hall–Kier alpha value is -1.94. The zero-order valence-electron chi connectivity index (χ0n) is 71.2. The van der Waals surface area contributed by atoms with Gasteiger partial charge in [-0.2, -0.15) is 0 Å². The minimum atomic E-state index is -4.97. The molecule has 0 rings (SSSR count). The Bertz CT molecular complexity index is 2070. The van der Waals surface area contributed by atoms with E-state index in [9.17, 15) is 43.2 Å². The van der Waals surface area contributed by atoms with Gasteiger partial charge in [0.25, 0.3) is 0 Å². The first-order valence-electron chi connectivity index (χ1n) is 46.1. The summed E-state index contributed by atoms with van der Waals surface area (Å²) in [4.78, 5) is 73.3. The Labute approximate surface area is 664 Å². The van der Waals surface area contributed by atoms with Crippen LogP contribution in [0.1, 0.15) is 478 Å². The topological polar surface area (TPSA) is 237 Å². The Morgan fingerprint density at radius 3 is 0.657 bits per heavy atom. The molecule has 0 heterocycles. The third kappa shape index (κ3) is 79.3. The summed E-state index contributed by atoms with van der Waals surface area (Å²) in [6.07, 6.45) is 73.7. The van der Waals surface area contributed by atoms with Gasteiger partial charge in [0, 0.05) is 25.7 Å². The van der Waals surface area contributed by atoms with Crippen LogP contribution < -0.4 is 0 Å². The number of ether oxygens (including phenoxy) is 4. The zero-order valence-corrected chi connectivity index (χ0v) is 73.0. The number of phosphoric acid groups is 2. The summed E-state index contributed by atoms with van der Waals surface area (Å²) >= 11 is 0. The quantitative estimate of drug-likeness (QED) is 0.0222. The normalized spacial score (nSPS) is 14.3. The fourth-order valence-corrected chi connectivity index (χ4v) is 15.5. The van der Waals surface area contributed by atoms with E-state index in [1.807, 2.05) is 0 Å². The summed E-state index contributed by atoms with van der Waals surface area (Å²) in [5, 5.41) is 10.7. The fourth-order valence-electron chi connectivity index (χ4n) is 13.9. The lowest BCUT2D eigenvalue weighted by Crippen LogP contribution is -2.30. The molecule has 0 aromatic rings. The molecule has 0 spiro atoms. The molecule has 0 aliphatic heterocycles. The van der Waals surface area contributed by atoms with Crippen molar-refractivity contribution in [1.82, 2.24) is 0 Å². The first kappa shape index (κ1) is 106. The van der Waals surface area contributed by atoms with Crippen molar-refractivity contribution in [2.24, 2.45) is 11.8 Å². The second kappa shape index (κ2) is 80.3. The van der Waals surface area contributed by atoms with Crippen LogP contribution in [-0.2, 0) is 65.4 Å². The van der Waals surface area contributed by atoms with Crippen LogP contribution in [0, 0.1) is 11.8 Å². The van der Waals surface area contributed by atoms with Gasteiger partial charge in [0.1, 0.15) is 19.3 Å². The maximum absolute atomic E-state index is 13.2. The Morgan fingerprint density at radius 1 is 0.259 bits per heavy atom. The summed E-state index contributed by atoms with van der Waals surface area (Å²) in [6, 6.07) is 0. The average Bonchev–Trinajstić information content (AvgIpc) is 0.901. The monoisotopic (exact) mass is 1580 g/mol. The van der Waals surface area contributed by atoms with Crippen molar-refractivity contribution < 1.29 is 80.2 Å². The number of carbonyl (C=O) groups excluding carboxylic acids is 4. The second-order valence-corrected chi connectivity index (χ2v) is 35.4. The molecule has 642 valence electrons. The van der Waals surface area contributed by atoms with Crippen LogP contribution in [0.3, 0.4) is 0 Å². The number of unbranched alkanes of at least 4 members (excludes halogenated alkanes) is 56. The number of aliphatic hydroxyl groups is 1. The predicted molar refractivity (Wildman–Crippen MR) is 446 cm³/mol. The molecule has 0 aliphatic rings. The van der Waals surface area contributed by atoms with Crippen LogP contribution in [0.4, 0.5) is 0 Å². The summed E-state index contributed by atoms with van der Waals surface area (Å²) in [5.41, 5.74) is 0. The highest BCUT2D eigenvalue weighted by Crippen LogP contribution is 2.45. The average molecular weight is 1580 g/mol. The van der Waals surface area contributed by atoms with E-state index in [1.54, 1.807) is 0 Å². The Kier molecular flexibility index (Phi) is 78.8. The first-order valence-corrected chi connectivity index (χ1v) is 49.1. The van der Waals surface area contributed by atoms with Crippen LogP contribution in [0.2, 0.25) is 0 Å². The van der Waals surface area contributed by atoms with Crippen molar-refractivity contribution in [3.63, 3.8) is 0 Å². The van der Waals surface area contributed by atoms with E-state index in [2.05, 4.69) is 41.5 Å². The largest absolute Gasteiger partial charge is 0.472 e. The highest BCUT2D eigenvalue weighted by atomic mass is 31.2. The smallest absolute Gasteiger partial charge is 0.462 e. The lowest BCUT2D eigenvalue weighted by molar-refractivity contribution is -0.161. The molecule has 0 saturated carbocycles. The number of esters is 4. The number of carbonyl (C=O) groups is 4. The van der Waals surface area contributed by atoms with Crippen molar-refractivity contribution in [1.29, 1.82) is 0 Å². The molecule has 3 N–H and O–H groups in total. The van der Waals surface area contributed by atoms with Crippen molar-refractivity contribution in [2.45, 2.75) is 496 Å². The fraction of sp³-hybridized carbons (Fsp3) is 0.955. The van der Waals surface area contributed by atoms with Crippen LogP contribution in [0.15, 0.2) is 0 Å². The number of aliphatic hydroxyl groups excluding tert-OH is 1. The molecular weight excluding hydrogens is 1400 g/mol. The molecule has 7 atom stereocenters. The van der Waals surface area contributed by atoms with Crippen molar-refractivity contribution >= 4 is 39.5 Å². The Morgan fingerprint density at radius 2 is 0.444 bits per heavy atom. The van der Waals surface area contributed by atoms with Crippen LogP contribution in [0.25, 0.3) is 0 Å². The minimum Gasteiger partial charge on any atom is -0.462 e. The molecular formula is C89H174O17P2. The van der Waals surface area contributed by atoms with Gasteiger partial charge in [-0.3, -0.25) is 37.3 Å². The van der Waals surface area contributed by atoms with Crippen LogP contribution in [0.5, 0.6) is 0 Å². The molecule has 0 amide bonds. The van der Waals surface area contributed by atoms with E-state index in [0.717, 1.165) is 108 Å². The van der Waals surface area contributed by atoms with E-state index < -0.39 is 97.5 Å². The minimum absolute atomic E-state index is 0.107. The van der Waals surface area contributed by atoms with E-state index in [4.69, 9.17) is 37.0 Å². The first-order chi connectivity index (χ1) is 52.4. The van der Waals surface area contributed by atoms with Crippen molar-refractivity contribution in [3.8, 4) is 0 Å². The van der Waals surface area contributed by atoms with E-state index in [1.165, 1.54) is 289 Å². The van der Waals surface area contributed by atoms with Crippen LogP contribution >= 0.6 is 15.6 Å². The maximum Gasteiger partial charge on any atom is 0.472 e. The molecule has 0 aromatic heterocycles. The molecule has 0 aromatic carbocycles. The van der Waals surface area contributed by atoms with Gasteiger partial charge in [-0.25, -0.2) is 9.13 Å². The number of hydrogen-bond donors (Lipinski definition) is 3. The number of phosphoric ester groups is 2. The molecule has 0 saturated heterocycles. The van der Waals surface area contributed by atoms with Gasteiger partial charge in [0.05, 0.1) is 26.4 Å². The lowest BCUT2D eigenvalue weighted by atomic mass is 9.99. The van der Waals surface area contributed by atoms with Crippen LogP contribution in [-0.4, -0.2) is 96.7 Å². The van der Waals surface area contributed by atoms with E-state index in [-0.39, 0.29) is 25.7 Å². The molecule has 4 unspecified atom stereocenters. The molecule has 108 heavy (non-hydrogen) atoms. The highest BCUT2D eigenvalue weighted by molar-refractivity contribution is 7.47. The maximum atomic E-state index is 13.2. The zero-order chi connectivity index (χ0) is 79.2. The number of hydrogen-bond acceptors (Lipinski definition) is 15. The second-order valence-electron chi connectivity index (χ2n) is 32.5. The molecule has 0 radical (unpaired) electrons. The third-order valence-corrected chi connectivity index (χ3v) is 23.6. The van der Waals surface area contributed by atoms with Gasteiger partial charge in [-0.1, -0.05) is 427 Å². The standard InChI is InChI=1S/C89H174O17P2/c1-7-11-13-15-17-19-21-23-25-27-29-31-33-35-40-44-48-52-59-65-71-86(91)99-77-84(105-88(93)73-67-61-53-49-45-41-36-34-32-30-28-26-24-22-20-18-16-14-12-8-2)79-103-107(95,96)101-75-83(90)76-102-108(97,98)104-80-85(78-100-87(92)72-66-60-56-55-58-64-70-82(6)10-4)106-89(94)74-68-62-54-50-46-42-38-37-39-43-47-51-57-63-69-81(5)9-3/h81-85,90H,7-80H2,1-6H3,(H,95,96)(H,97,98)/t81?,82?,83-,84-,85-/m1/s1. The highest BCUT2D eigenvalue weighted by Gasteiger charge is 2.31. The summed E-state index contributed by atoms with van der Waals surface area (Å²) < 4.78 is 69.0.